The third-order valence-electron chi connectivity index (χ3n) is 3.51. The highest BCUT2D eigenvalue weighted by Gasteiger charge is 2.07. The Labute approximate surface area is 153 Å². The minimum atomic E-state index is -0.497. The molecule has 2 N–H and O–H groups in total. The first-order valence-corrected chi connectivity index (χ1v) is 8.64. The predicted octanol–water partition coefficient (Wildman–Crippen LogP) is 3.73. The van der Waals surface area contributed by atoms with Crippen LogP contribution < -0.4 is 15.4 Å². The summed E-state index contributed by atoms with van der Waals surface area (Å²) in [5.41, 5.74) is 1.51. The maximum Gasteiger partial charge on any atom is 0.325 e. The van der Waals surface area contributed by atoms with E-state index in [2.05, 4.69) is 17.6 Å². The van der Waals surface area contributed by atoms with Crippen molar-refractivity contribution in [2.45, 2.75) is 26.4 Å². The largest absolute Gasteiger partial charge is 0.494 e. The molecule has 138 valence electrons. The second kappa shape index (κ2) is 10.8. The van der Waals surface area contributed by atoms with Crippen LogP contribution in [0, 0.1) is 0 Å². The smallest absolute Gasteiger partial charge is 0.325 e. The minimum Gasteiger partial charge on any atom is -0.494 e. The molecule has 6 heteroatoms. The zero-order valence-corrected chi connectivity index (χ0v) is 14.9. The molecule has 2 aromatic carbocycles. The van der Waals surface area contributed by atoms with Gasteiger partial charge in [0.1, 0.15) is 18.9 Å². The van der Waals surface area contributed by atoms with Gasteiger partial charge in [0.25, 0.3) is 0 Å². The molecule has 0 aliphatic rings. The first-order valence-electron chi connectivity index (χ1n) is 8.64. The van der Waals surface area contributed by atoms with Gasteiger partial charge in [0.2, 0.25) is 0 Å². The molecule has 0 spiro atoms. The van der Waals surface area contributed by atoms with Gasteiger partial charge in [0.05, 0.1) is 6.61 Å². The second-order valence-corrected chi connectivity index (χ2v) is 5.68. The van der Waals surface area contributed by atoms with Crippen molar-refractivity contribution >= 4 is 17.7 Å². The average Bonchev–Trinajstić information content (AvgIpc) is 2.67. The van der Waals surface area contributed by atoms with Crippen LogP contribution in [0.5, 0.6) is 5.75 Å². The Balaban J connectivity index is 1.67. The predicted molar refractivity (Wildman–Crippen MR) is 100 cm³/mol. The van der Waals surface area contributed by atoms with E-state index in [0.29, 0.717) is 12.3 Å². The Morgan fingerprint density at radius 1 is 1.00 bits per heavy atom. The quantitative estimate of drug-likeness (QED) is 0.530. The lowest BCUT2D eigenvalue weighted by Crippen LogP contribution is -2.34. The Kier molecular flexibility index (Phi) is 7.99. The van der Waals surface area contributed by atoms with E-state index in [0.717, 1.165) is 24.2 Å². The minimum absolute atomic E-state index is 0.183. The molecule has 0 aliphatic heterocycles. The molecule has 0 aliphatic carbocycles. The van der Waals surface area contributed by atoms with Crippen molar-refractivity contribution in [2.75, 3.05) is 18.5 Å². The first-order chi connectivity index (χ1) is 12.7. The van der Waals surface area contributed by atoms with Crippen molar-refractivity contribution in [3.05, 3.63) is 60.2 Å². The van der Waals surface area contributed by atoms with Crippen molar-refractivity contribution in [2.24, 2.45) is 0 Å². The van der Waals surface area contributed by atoms with Gasteiger partial charge >= 0.3 is 12.0 Å². The van der Waals surface area contributed by atoms with E-state index in [-0.39, 0.29) is 13.2 Å². The van der Waals surface area contributed by atoms with E-state index in [1.165, 1.54) is 0 Å². The van der Waals surface area contributed by atoms with Gasteiger partial charge in [-0.1, -0.05) is 43.7 Å². The van der Waals surface area contributed by atoms with Crippen LogP contribution in [-0.4, -0.2) is 25.2 Å². The Morgan fingerprint density at radius 2 is 1.73 bits per heavy atom. The van der Waals surface area contributed by atoms with E-state index < -0.39 is 12.0 Å². The number of nitrogens with one attached hydrogen (secondary N) is 2. The summed E-state index contributed by atoms with van der Waals surface area (Å²) in [5, 5.41) is 5.12. The molecule has 0 aromatic heterocycles. The van der Waals surface area contributed by atoms with Gasteiger partial charge in [0.15, 0.2) is 0 Å². The molecule has 0 unspecified atom stereocenters. The number of hydrogen-bond acceptors (Lipinski definition) is 4. The van der Waals surface area contributed by atoms with E-state index in [1.54, 1.807) is 24.3 Å². The number of benzene rings is 2. The summed E-state index contributed by atoms with van der Waals surface area (Å²) in [6.07, 6.45) is 2.08. The van der Waals surface area contributed by atoms with Gasteiger partial charge in [-0.3, -0.25) is 4.79 Å². The number of carbonyl (C=O) groups excluding carboxylic acids is 2. The van der Waals surface area contributed by atoms with Gasteiger partial charge in [-0.25, -0.2) is 4.79 Å². The molecule has 0 radical (unpaired) electrons. The molecular formula is C20H24N2O4. The number of hydrogen-bond donors (Lipinski definition) is 2. The highest BCUT2D eigenvalue weighted by molar-refractivity contribution is 5.91. The number of urea groups is 1. The summed E-state index contributed by atoms with van der Waals surface area (Å²) in [4.78, 5) is 23.5. The molecule has 2 amide bonds. The first kappa shape index (κ1) is 19.3. The monoisotopic (exact) mass is 356 g/mol. The van der Waals surface area contributed by atoms with Crippen LogP contribution in [0.2, 0.25) is 0 Å². The lowest BCUT2D eigenvalue weighted by molar-refractivity contribution is -0.143. The van der Waals surface area contributed by atoms with Crippen molar-refractivity contribution in [3.63, 3.8) is 0 Å². The third kappa shape index (κ3) is 7.25. The number of amides is 2. The number of unbranched alkanes of at least 4 members (excludes halogenated alkanes) is 1. The van der Waals surface area contributed by atoms with Gasteiger partial charge in [-0.15, -0.1) is 0 Å². The number of carbonyl (C=O) groups is 2. The van der Waals surface area contributed by atoms with Crippen molar-refractivity contribution in [1.82, 2.24) is 5.32 Å². The van der Waals surface area contributed by atoms with Crippen LogP contribution in [-0.2, 0) is 16.1 Å². The van der Waals surface area contributed by atoms with Crippen molar-refractivity contribution in [1.29, 1.82) is 0 Å². The Hall–Kier alpha value is -3.02. The fraction of sp³-hybridized carbons (Fsp3) is 0.300. The maximum absolute atomic E-state index is 11.8. The molecule has 6 nitrogen and oxygen atoms in total. The van der Waals surface area contributed by atoms with Crippen LogP contribution in [0.25, 0.3) is 0 Å². The normalized spacial score (nSPS) is 10.0. The Morgan fingerprint density at radius 3 is 2.42 bits per heavy atom. The summed E-state index contributed by atoms with van der Waals surface area (Å²) in [5.74, 6) is 0.262. The summed E-state index contributed by atoms with van der Waals surface area (Å²) < 4.78 is 10.7. The number of ether oxygens (including phenoxy) is 2. The number of rotatable bonds is 9. The number of esters is 1. The molecule has 0 saturated heterocycles. The standard InChI is InChI=1S/C20H24N2O4/c1-2-3-13-25-18-11-9-17(10-12-18)22-20(24)21-14-19(23)26-15-16-7-5-4-6-8-16/h4-12H,2-3,13-15H2,1H3,(H2,21,22,24). The summed E-state index contributed by atoms with van der Waals surface area (Å²) in [7, 11) is 0. The molecule has 0 atom stereocenters. The van der Waals surface area contributed by atoms with Crippen LogP contribution in [0.3, 0.4) is 0 Å². The zero-order chi connectivity index (χ0) is 18.6. The number of anilines is 1. The SMILES string of the molecule is CCCCOc1ccc(NC(=O)NCC(=O)OCc2ccccc2)cc1. The summed E-state index contributed by atoms with van der Waals surface area (Å²) >= 11 is 0. The zero-order valence-electron chi connectivity index (χ0n) is 14.9. The van der Waals surface area contributed by atoms with E-state index in [4.69, 9.17) is 9.47 Å². The van der Waals surface area contributed by atoms with Crippen LogP contribution >= 0.6 is 0 Å². The molecule has 2 rings (SSSR count). The lowest BCUT2D eigenvalue weighted by atomic mass is 10.2. The molecule has 2 aromatic rings. The van der Waals surface area contributed by atoms with Gasteiger partial charge in [-0.05, 0) is 36.2 Å². The third-order valence-corrected chi connectivity index (χ3v) is 3.51. The van der Waals surface area contributed by atoms with E-state index >= 15 is 0 Å². The van der Waals surface area contributed by atoms with Gasteiger partial charge in [-0.2, -0.15) is 0 Å². The molecular weight excluding hydrogens is 332 g/mol. The lowest BCUT2D eigenvalue weighted by Gasteiger charge is -2.09. The van der Waals surface area contributed by atoms with Crippen molar-refractivity contribution in [3.8, 4) is 5.75 Å². The highest BCUT2D eigenvalue weighted by Crippen LogP contribution is 2.15. The van der Waals surface area contributed by atoms with Crippen LogP contribution in [0.15, 0.2) is 54.6 Å². The average molecular weight is 356 g/mol. The van der Waals surface area contributed by atoms with Gasteiger partial charge in [0, 0.05) is 5.69 Å². The molecule has 0 bridgehead atoms. The second-order valence-electron chi connectivity index (χ2n) is 5.68. The van der Waals surface area contributed by atoms with E-state index in [1.807, 2.05) is 30.3 Å². The fourth-order valence-corrected chi connectivity index (χ4v) is 2.09. The van der Waals surface area contributed by atoms with Crippen LogP contribution in [0.4, 0.5) is 10.5 Å². The molecule has 0 saturated carbocycles. The highest BCUT2D eigenvalue weighted by atomic mass is 16.5. The molecule has 0 heterocycles. The van der Waals surface area contributed by atoms with Gasteiger partial charge < -0.3 is 20.1 Å². The summed E-state index contributed by atoms with van der Waals surface area (Å²) in [6, 6.07) is 16.0. The Bertz CT molecular complexity index is 687. The topological polar surface area (TPSA) is 76.7 Å². The summed E-state index contributed by atoms with van der Waals surface area (Å²) in [6.45, 7) is 2.76. The maximum atomic E-state index is 11.8. The molecule has 0 fully saturated rings. The van der Waals surface area contributed by atoms with Crippen LogP contribution in [0.1, 0.15) is 25.3 Å². The van der Waals surface area contributed by atoms with E-state index in [9.17, 15) is 9.59 Å². The molecule has 26 heavy (non-hydrogen) atoms. The van der Waals surface area contributed by atoms with Crippen molar-refractivity contribution < 1.29 is 19.1 Å². The fourth-order valence-electron chi connectivity index (χ4n) is 2.09.